The second-order valence-corrected chi connectivity index (χ2v) is 9.46. The Morgan fingerprint density at radius 2 is 1.78 bits per heavy atom. The summed E-state index contributed by atoms with van der Waals surface area (Å²) in [6.45, 7) is 4.53. The van der Waals surface area contributed by atoms with E-state index in [1.54, 1.807) is 41.3 Å². The third-order valence-corrected chi connectivity index (χ3v) is 6.93. The van der Waals surface area contributed by atoms with Crippen molar-refractivity contribution < 1.29 is 19.1 Å². The summed E-state index contributed by atoms with van der Waals surface area (Å²) in [5.74, 6) is 0.171. The van der Waals surface area contributed by atoms with Crippen molar-refractivity contribution in [3.8, 4) is 11.5 Å². The number of amides is 2. The van der Waals surface area contributed by atoms with Gasteiger partial charge in [-0.05, 0) is 61.4 Å². The highest BCUT2D eigenvalue weighted by molar-refractivity contribution is 6.35. The number of hydrogen-bond acceptors (Lipinski definition) is 5. The second-order valence-electron chi connectivity index (χ2n) is 8.64. The summed E-state index contributed by atoms with van der Waals surface area (Å²) in [6.07, 6.45) is 0.154. The molecular formula is C27H27Cl2N3O4. The first-order valence-corrected chi connectivity index (χ1v) is 12.2. The van der Waals surface area contributed by atoms with Gasteiger partial charge in [-0.1, -0.05) is 35.3 Å². The lowest BCUT2D eigenvalue weighted by Crippen LogP contribution is -2.36. The number of rotatable bonds is 8. The van der Waals surface area contributed by atoms with Crippen LogP contribution in [-0.2, 0) is 16.2 Å². The maximum absolute atomic E-state index is 12.8. The maximum Gasteiger partial charge on any atom is 0.243 e. The van der Waals surface area contributed by atoms with Crippen molar-refractivity contribution >= 4 is 46.4 Å². The fourth-order valence-electron chi connectivity index (χ4n) is 3.95. The number of hydrogen-bond donors (Lipinski definition) is 2. The summed E-state index contributed by atoms with van der Waals surface area (Å²) in [5.41, 5.74) is 9.94. The molecule has 0 aliphatic carbocycles. The summed E-state index contributed by atoms with van der Waals surface area (Å²) < 4.78 is 11.3. The van der Waals surface area contributed by atoms with Crippen LogP contribution in [0.2, 0.25) is 10.0 Å². The summed E-state index contributed by atoms with van der Waals surface area (Å²) in [4.78, 5) is 27.0. The van der Waals surface area contributed by atoms with Gasteiger partial charge in [0.1, 0.15) is 6.61 Å². The lowest BCUT2D eigenvalue weighted by molar-refractivity contribution is -0.125. The molecule has 0 saturated carbocycles. The van der Waals surface area contributed by atoms with Crippen molar-refractivity contribution in [2.45, 2.75) is 26.9 Å². The normalized spacial score (nSPS) is 15.1. The van der Waals surface area contributed by atoms with Gasteiger partial charge in [-0.15, -0.1) is 0 Å². The summed E-state index contributed by atoms with van der Waals surface area (Å²) >= 11 is 12.4. The largest absolute Gasteiger partial charge is 0.493 e. The molecule has 0 aromatic heterocycles. The van der Waals surface area contributed by atoms with Crippen LogP contribution in [0.15, 0.2) is 54.6 Å². The molecule has 1 fully saturated rings. The van der Waals surface area contributed by atoms with Crippen LogP contribution in [0, 0.1) is 19.8 Å². The van der Waals surface area contributed by atoms with Crippen molar-refractivity contribution in [2.75, 3.05) is 24.0 Å². The van der Waals surface area contributed by atoms with E-state index in [2.05, 4.69) is 10.9 Å². The van der Waals surface area contributed by atoms with Gasteiger partial charge in [0.2, 0.25) is 11.8 Å². The monoisotopic (exact) mass is 527 g/mol. The number of aryl methyl sites for hydroxylation is 2. The van der Waals surface area contributed by atoms with Gasteiger partial charge < -0.3 is 14.4 Å². The first-order valence-electron chi connectivity index (χ1n) is 11.4. The second kappa shape index (κ2) is 11.1. The predicted molar refractivity (Wildman–Crippen MR) is 142 cm³/mol. The average Bonchev–Trinajstić information content (AvgIpc) is 3.26. The fourth-order valence-corrected chi connectivity index (χ4v) is 4.45. The minimum absolute atomic E-state index is 0.0693. The van der Waals surface area contributed by atoms with Crippen molar-refractivity contribution in [1.29, 1.82) is 0 Å². The molecule has 3 aromatic carbocycles. The Balaban J connectivity index is 1.36. The number of carbonyl (C=O) groups is 2. The molecule has 2 N–H and O–H groups in total. The van der Waals surface area contributed by atoms with E-state index in [4.69, 9.17) is 32.7 Å². The number of halogens is 2. The van der Waals surface area contributed by atoms with Crippen LogP contribution in [0.3, 0.4) is 0 Å². The molecule has 1 aliphatic heterocycles. The van der Waals surface area contributed by atoms with Crippen molar-refractivity contribution in [1.82, 2.24) is 5.43 Å². The molecule has 188 valence electrons. The number of benzene rings is 3. The molecule has 4 rings (SSSR count). The van der Waals surface area contributed by atoms with Crippen LogP contribution in [0.5, 0.6) is 11.5 Å². The molecule has 1 heterocycles. The van der Waals surface area contributed by atoms with Crippen LogP contribution < -0.4 is 25.2 Å². The average molecular weight is 528 g/mol. The minimum Gasteiger partial charge on any atom is -0.493 e. The number of anilines is 2. The van der Waals surface area contributed by atoms with E-state index in [1.165, 1.54) is 7.11 Å². The van der Waals surface area contributed by atoms with E-state index in [0.29, 0.717) is 39.3 Å². The maximum atomic E-state index is 12.8. The molecule has 3 aromatic rings. The van der Waals surface area contributed by atoms with Crippen molar-refractivity contribution in [3.63, 3.8) is 0 Å². The van der Waals surface area contributed by atoms with E-state index >= 15 is 0 Å². The van der Waals surface area contributed by atoms with Gasteiger partial charge in [0.25, 0.3) is 0 Å². The highest BCUT2D eigenvalue weighted by Crippen LogP contribution is 2.33. The molecule has 0 bridgehead atoms. The Morgan fingerprint density at radius 1 is 1.03 bits per heavy atom. The van der Waals surface area contributed by atoms with Gasteiger partial charge in [0.15, 0.2) is 11.5 Å². The van der Waals surface area contributed by atoms with Gasteiger partial charge >= 0.3 is 0 Å². The van der Waals surface area contributed by atoms with Gasteiger partial charge in [-0.3, -0.25) is 20.4 Å². The van der Waals surface area contributed by atoms with Gasteiger partial charge in [0.05, 0.1) is 18.7 Å². The zero-order valence-electron chi connectivity index (χ0n) is 20.2. The van der Waals surface area contributed by atoms with Crippen LogP contribution in [-0.4, -0.2) is 25.5 Å². The highest BCUT2D eigenvalue weighted by Gasteiger charge is 2.35. The lowest BCUT2D eigenvalue weighted by atomic mass is 10.1. The van der Waals surface area contributed by atoms with E-state index in [1.807, 2.05) is 32.0 Å². The Hall–Kier alpha value is -3.42. The minimum atomic E-state index is -0.462. The van der Waals surface area contributed by atoms with E-state index in [9.17, 15) is 9.59 Å². The number of nitrogens with zero attached hydrogens (tertiary/aromatic N) is 1. The third-order valence-electron chi connectivity index (χ3n) is 6.23. The number of ether oxygens (including phenoxy) is 2. The Morgan fingerprint density at radius 3 is 2.47 bits per heavy atom. The third kappa shape index (κ3) is 5.69. The van der Waals surface area contributed by atoms with Crippen LogP contribution in [0.4, 0.5) is 11.4 Å². The standard InChI is InChI=1S/C27H27Cl2N3O4/c1-16-7-9-20(11-17(16)2)32-14-18(12-26(32)33)27(34)31-30-19-8-10-24(25(13-19)35-3)36-15-21-22(28)5-4-6-23(21)29/h4-11,13,18,30H,12,14-15H2,1-3H3,(H,31,34)/t18-/m1/s1. The molecule has 9 heteroatoms. The van der Waals surface area contributed by atoms with Crippen LogP contribution >= 0.6 is 23.2 Å². The van der Waals surface area contributed by atoms with Gasteiger partial charge in [0, 0.05) is 40.3 Å². The van der Waals surface area contributed by atoms with Crippen molar-refractivity contribution in [3.05, 3.63) is 81.3 Å². The molecule has 0 spiro atoms. The molecule has 36 heavy (non-hydrogen) atoms. The van der Waals surface area contributed by atoms with Gasteiger partial charge in [-0.2, -0.15) is 0 Å². The lowest BCUT2D eigenvalue weighted by Gasteiger charge is -2.18. The molecule has 2 amide bonds. The Kier molecular flexibility index (Phi) is 7.91. The summed E-state index contributed by atoms with van der Waals surface area (Å²) in [5, 5.41) is 1.04. The molecule has 0 unspecified atom stereocenters. The first kappa shape index (κ1) is 25.7. The van der Waals surface area contributed by atoms with Crippen LogP contribution in [0.25, 0.3) is 0 Å². The summed E-state index contributed by atoms with van der Waals surface area (Å²) in [6, 6.07) is 16.3. The predicted octanol–water partition coefficient (Wildman–Crippen LogP) is 5.69. The number of carbonyl (C=O) groups excluding carboxylic acids is 2. The molecule has 1 aliphatic rings. The van der Waals surface area contributed by atoms with E-state index in [-0.39, 0.29) is 24.8 Å². The number of hydrazine groups is 1. The Labute approximate surface area is 220 Å². The topological polar surface area (TPSA) is 79.9 Å². The SMILES string of the molecule is COc1cc(NNC(=O)[C@@H]2CC(=O)N(c3ccc(C)c(C)c3)C2)ccc1OCc1c(Cl)cccc1Cl. The number of nitrogens with one attached hydrogen (secondary N) is 2. The Bertz CT molecular complexity index is 1280. The van der Waals surface area contributed by atoms with E-state index < -0.39 is 5.92 Å². The fraction of sp³-hybridized carbons (Fsp3) is 0.259. The molecule has 1 atom stereocenters. The number of methoxy groups -OCH3 is 1. The summed E-state index contributed by atoms with van der Waals surface area (Å²) in [7, 11) is 1.53. The molecule has 1 saturated heterocycles. The highest BCUT2D eigenvalue weighted by atomic mass is 35.5. The molecule has 0 radical (unpaired) electrons. The van der Waals surface area contributed by atoms with Gasteiger partial charge in [-0.25, -0.2) is 0 Å². The van der Waals surface area contributed by atoms with Crippen molar-refractivity contribution in [2.24, 2.45) is 5.92 Å². The quantitative estimate of drug-likeness (QED) is 0.367. The zero-order valence-corrected chi connectivity index (χ0v) is 21.7. The smallest absolute Gasteiger partial charge is 0.243 e. The molecule has 7 nitrogen and oxygen atoms in total. The first-order chi connectivity index (χ1) is 17.3. The van der Waals surface area contributed by atoms with E-state index in [0.717, 1.165) is 16.8 Å². The van der Waals surface area contributed by atoms with Crippen LogP contribution in [0.1, 0.15) is 23.1 Å². The molecular weight excluding hydrogens is 501 g/mol. The zero-order chi connectivity index (χ0) is 25.8.